The second kappa shape index (κ2) is 9.68. The minimum Gasteiger partial charge on any atom is -0.491 e. The van der Waals surface area contributed by atoms with Crippen LogP contribution in [0.15, 0.2) is 24.3 Å². The number of ether oxygens (including phenoxy) is 2. The first-order valence-electron chi connectivity index (χ1n) is 7.28. The van der Waals surface area contributed by atoms with Crippen LogP contribution >= 0.6 is 0 Å². The number of methoxy groups -OCH3 is 1. The number of unbranched alkanes of at least 4 members (excludes halogenated alkanes) is 1. The quantitative estimate of drug-likeness (QED) is 0.602. The molecule has 0 bridgehead atoms. The highest BCUT2D eigenvalue weighted by Crippen LogP contribution is 2.20. The number of hydrogen-bond acceptors (Lipinski definition) is 3. The van der Waals surface area contributed by atoms with Crippen LogP contribution in [0.2, 0.25) is 0 Å². The van der Waals surface area contributed by atoms with E-state index >= 15 is 0 Å². The Morgan fingerprint density at radius 1 is 0.947 bits per heavy atom. The fourth-order valence-electron chi connectivity index (χ4n) is 1.98. The molecule has 0 amide bonds. The predicted octanol–water partition coefficient (Wildman–Crippen LogP) is 3.73. The summed E-state index contributed by atoms with van der Waals surface area (Å²) in [5.74, 6) is 0.910. The summed E-state index contributed by atoms with van der Waals surface area (Å²) < 4.78 is 10.5. The Hall–Kier alpha value is -1.22. The Morgan fingerprint density at radius 2 is 1.68 bits per heavy atom. The zero-order valence-electron chi connectivity index (χ0n) is 12.5. The first-order valence-corrected chi connectivity index (χ1v) is 7.28. The van der Waals surface area contributed by atoms with Crippen molar-refractivity contribution in [2.24, 2.45) is 0 Å². The first-order chi connectivity index (χ1) is 9.31. The molecule has 0 fully saturated rings. The van der Waals surface area contributed by atoms with Gasteiger partial charge in [-0.15, -0.1) is 0 Å². The third kappa shape index (κ3) is 5.97. The van der Waals surface area contributed by atoms with Gasteiger partial charge < -0.3 is 14.4 Å². The lowest BCUT2D eigenvalue weighted by molar-refractivity contribution is 0.146. The van der Waals surface area contributed by atoms with Crippen molar-refractivity contribution < 1.29 is 9.47 Å². The molecule has 1 rings (SSSR count). The van der Waals surface area contributed by atoms with Crippen LogP contribution in [0.25, 0.3) is 0 Å². The van der Waals surface area contributed by atoms with Crippen molar-refractivity contribution in [1.29, 1.82) is 0 Å². The maximum atomic E-state index is 5.58. The summed E-state index contributed by atoms with van der Waals surface area (Å²) >= 11 is 0. The second-order valence-corrected chi connectivity index (χ2v) is 4.68. The van der Waals surface area contributed by atoms with Gasteiger partial charge in [0.1, 0.15) is 12.4 Å². The summed E-state index contributed by atoms with van der Waals surface area (Å²) in [7, 11) is 1.68. The summed E-state index contributed by atoms with van der Waals surface area (Å²) in [5, 5.41) is 0. The van der Waals surface area contributed by atoms with Gasteiger partial charge in [0.25, 0.3) is 0 Å². The highest BCUT2D eigenvalue weighted by atomic mass is 16.5. The topological polar surface area (TPSA) is 21.7 Å². The predicted molar refractivity (Wildman–Crippen MR) is 81.2 cm³/mol. The van der Waals surface area contributed by atoms with E-state index in [2.05, 4.69) is 30.9 Å². The molecule has 0 spiro atoms. The fourth-order valence-corrected chi connectivity index (χ4v) is 1.98. The molecule has 0 saturated heterocycles. The minimum atomic E-state index is 0.602. The van der Waals surface area contributed by atoms with Gasteiger partial charge in [0.05, 0.1) is 6.61 Å². The Morgan fingerprint density at radius 3 is 2.26 bits per heavy atom. The molecule has 108 valence electrons. The van der Waals surface area contributed by atoms with Crippen LogP contribution < -0.4 is 9.64 Å². The number of anilines is 1. The lowest BCUT2D eigenvalue weighted by Gasteiger charge is -2.24. The summed E-state index contributed by atoms with van der Waals surface area (Å²) in [6.45, 7) is 7.93. The van der Waals surface area contributed by atoms with E-state index in [0.29, 0.717) is 13.2 Å². The molecule has 0 aliphatic carbocycles. The fraction of sp³-hybridized carbons (Fsp3) is 0.625. The van der Waals surface area contributed by atoms with Crippen LogP contribution in [0.3, 0.4) is 0 Å². The van der Waals surface area contributed by atoms with Crippen LogP contribution in [0.4, 0.5) is 5.69 Å². The number of nitrogens with zero attached hydrogens (tertiary/aromatic N) is 1. The van der Waals surface area contributed by atoms with Gasteiger partial charge in [-0.1, -0.05) is 20.3 Å². The third-order valence-corrected chi connectivity index (χ3v) is 3.03. The van der Waals surface area contributed by atoms with Crippen molar-refractivity contribution in [3.05, 3.63) is 24.3 Å². The van der Waals surface area contributed by atoms with Gasteiger partial charge in [0, 0.05) is 25.9 Å². The Kier molecular flexibility index (Phi) is 8.07. The number of benzene rings is 1. The van der Waals surface area contributed by atoms with Gasteiger partial charge in [0.2, 0.25) is 0 Å². The number of hydrogen-bond donors (Lipinski definition) is 0. The lowest BCUT2D eigenvalue weighted by Crippen LogP contribution is -2.25. The number of rotatable bonds is 10. The first kappa shape index (κ1) is 15.8. The molecule has 19 heavy (non-hydrogen) atoms. The maximum Gasteiger partial charge on any atom is 0.119 e. The molecule has 1 aromatic carbocycles. The van der Waals surface area contributed by atoms with Gasteiger partial charge >= 0.3 is 0 Å². The van der Waals surface area contributed by atoms with E-state index in [1.54, 1.807) is 7.11 Å². The Bertz CT molecular complexity index is 324. The van der Waals surface area contributed by atoms with E-state index in [9.17, 15) is 0 Å². The van der Waals surface area contributed by atoms with E-state index in [-0.39, 0.29) is 0 Å². The van der Waals surface area contributed by atoms with E-state index in [4.69, 9.17) is 9.47 Å². The zero-order valence-corrected chi connectivity index (χ0v) is 12.5. The molecule has 0 aliphatic heterocycles. The molecule has 0 aliphatic rings. The Balaban J connectivity index is 2.55. The normalized spacial score (nSPS) is 10.5. The molecule has 3 heteroatoms. The van der Waals surface area contributed by atoms with Gasteiger partial charge in [-0.2, -0.15) is 0 Å². The molecule has 0 heterocycles. The largest absolute Gasteiger partial charge is 0.491 e. The van der Waals surface area contributed by atoms with Crippen molar-refractivity contribution in [2.45, 2.75) is 33.1 Å². The molecule has 0 unspecified atom stereocenters. The van der Waals surface area contributed by atoms with Crippen molar-refractivity contribution in [3.8, 4) is 5.75 Å². The van der Waals surface area contributed by atoms with Gasteiger partial charge in [-0.05, 0) is 37.1 Å². The van der Waals surface area contributed by atoms with Crippen LogP contribution in [-0.2, 0) is 4.74 Å². The monoisotopic (exact) mass is 265 g/mol. The van der Waals surface area contributed by atoms with E-state index in [0.717, 1.165) is 18.8 Å². The molecule has 0 atom stereocenters. The highest BCUT2D eigenvalue weighted by Gasteiger charge is 2.05. The standard InChI is InChI=1S/C16H27NO2/c1-4-6-12-17(11-5-2)15-7-9-16(10-8-15)19-14-13-18-3/h7-10H,4-6,11-14H2,1-3H3. The van der Waals surface area contributed by atoms with E-state index in [1.807, 2.05) is 12.1 Å². The van der Waals surface area contributed by atoms with Crippen LogP contribution in [0.5, 0.6) is 5.75 Å². The van der Waals surface area contributed by atoms with Crippen molar-refractivity contribution in [3.63, 3.8) is 0 Å². The smallest absolute Gasteiger partial charge is 0.119 e. The zero-order chi connectivity index (χ0) is 13.9. The highest BCUT2D eigenvalue weighted by molar-refractivity contribution is 5.49. The molecular formula is C16H27NO2. The SMILES string of the molecule is CCCCN(CCC)c1ccc(OCCOC)cc1. The summed E-state index contributed by atoms with van der Waals surface area (Å²) in [5.41, 5.74) is 1.29. The minimum absolute atomic E-state index is 0.602. The van der Waals surface area contributed by atoms with Crippen molar-refractivity contribution in [1.82, 2.24) is 0 Å². The second-order valence-electron chi connectivity index (χ2n) is 4.68. The van der Waals surface area contributed by atoms with Crippen LogP contribution in [0, 0.1) is 0 Å². The van der Waals surface area contributed by atoms with Crippen molar-refractivity contribution in [2.75, 3.05) is 38.3 Å². The van der Waals surface area contributed by atoms with Gasteiger partial charge in [-0.25, -0.2) is 0 Å². The van der Waals surface area contributed by atoms with Gasteiger partial charge in [-0.3, -0.25) is 0 Å². The van der Waals surface area contributed by atoms with Gasteiger partial charge in [0.15, 0.2) is 0 Å². The summed E-state index contributed by atoms with van der Waals surface area (Å²) in [6, 6.07) is 8.38. The third-order valence-electron chi connectivity index (χ3n) is 3.03. The molecule has 0 N–H and O–H groups in total. The molecule has 3 nitrogen and oxygen atoms in total. The average Bonchev–Trinajstić information content (AvgIpc) is 2.45. The summed E-state index contributed by atoms with van der Waals surface area (Å²) in [4.78, 5) is 2.45. The van der Waals surface area contributed by atoms with Crippen molar-refractivity contribution >= 4 is 5.69 Å². The van der Waals surface area contributed by atoms with Crippen LogP contribution in [0.1, 0.15) is 33.1 Å². The molecule has 0 aromatic heterocycles. The Labute approximate surface area is 117 Å². The molecule has 0 radical (unpaired) electrons. The lowest BCUT2D eigenvalue weighted by atomic mass is 10.2. The summed E-state index contributed by atoms with van der Waals surface area (Å²) in [6.07, 6.45) is 3.65. The maximum absolute atomic E-state index is 5.58. The van der Waals surface area contributed by atoms with E-state index in [1.165, 1.54) is 24.9 Å². The molecular weight excluding hydrogens is 238 g/mol. The van der Waals surface area contributed by atoms with E-state index < -0.39 is 0 Å². The molecule has 1 aromatic rings. The van der Waals surface area contributed by atoms with Crippen LogP contribution in [-0.4, -0.2) is 33.4 Å². The average molecular weight is 265 g/mol. The molecule has 0 saturated carbocycles.